The van der Waals surface area contributed by atoms with E-state index in [1.807, 2.05) is 0 Å². The highest BCUT2D eigenvalue weighted by atomic mass is 35.5. The first-order valence-electron chi connectivity index (χ1n) is 5.75. The molecule has 20 heavy (non-hydrogen) atoms. The molecule has 0 fully saturated rings. The largest absolute Gasteiger partial charge is 0.329 e. The molecule has 7 nitrogen and oxygen atoms in total. The summed E-state index contributed by atoms with van der Waals surface area (Å²) in [6, 6.07) is 2.09. The predicted octanol–water partition coefficient (Wildman–Crippen LogP) is 1.52. The topological polar surface area (TPSA) is 107 Å². The number of aryl methyl sites for hydroxylation is 1. The number of sulfonamides is 1. The lowest BCUT2D eigenvalue weighted by Gasteiger charge is -2.23. The van der Waals surface area contributed by atoms with Gasteiger partial charge < -0.3 is 5.73 Å². The second kappa shape index (κ2) is 6.04. The van der Waals surface area contributed by atoms with E-state index in [0.717, 1.165) is 4.31 Å². The van der Waals surface area contributed by atoms with Crippen LogP contribution in [0.2, 0.25) is 5.02 Å². The van der Waals surface area contributed by atoms with E-state index < -0.39 is 31.7 Å². The van der Waals surface area contributed by atoms with Gasteiger partial charge >= 0.3 is 0 Å². The van der Waals surface area contributed by atoms with Gasteiger partial charge in [0, 0.05) is 25.7 Å². The second-order valence-electron chi connectivity index (χ2n) is 4.46. The van der Waals surface area contributed by atoms with Crippen LogP contribution in [0.15, 0.2) is 17.0 Å². The zero-order chi connectivity index (χ0) is 15.7. The zero-order valence-corrected chi connectivity index (χ0v) is 12.9. The maximum Gasteiger partial charge on any atom is 0.289 e. The molecule has 0 amide bonds. The second-order valence-corrected chi connectivity index (χ2v) is 6.80. The van der Waals surface area contributed by atoms with Crippen LogP contribution < -0.4 is 5.73 Å². The molecular weight excluding hydrogens is 306 g/mol. The Balaban J connectivity index is 3.50. The highest BCUT2D eigenvalue weighted by Gasteiger charge is 2.30. The van der Waals surface area contributed by atoms with Gasteiger partial charge in [0.15, 0.2) is 0 Å². The lowest BCUT2D eigenvalue weighted by molar-refractivity contribution is -0.385. The van der Waals surface area contributed by atoms with Gasteiger partial charge in [0.05, 0.1) is 4.92 Å². The van der Waals surface area contributed by atoms with Crippen molar-refractivity contribution in [1.82, 2.24) is 4.31 Å². The smallest absolute Gasteiger partial charge is 0.289 e. The Kier molecular flexibility index (Phi) is 5.09. The highest BCUT2D eigenvalue weighted by molar-refractivity contribution is 7.89. The third-order valence-corrected chi connectivity index (χ3v) is 5.49. The molecule has 1 aromatic carbocycles. The number of nitrogens with two attached hydrogens (primary N) is 1. The van der Waals surface area contributed by atoms with E-state index in [1.165, 1.54) is 19.2 Å². The number of hydrogen-bond acceptors (Lipinski definition) is 5. The minimum absolute atomic E-state index is 0.126. The van der Waals surface area contributed by atoms with E-state index in [9.17, 15) is 18.5 Å². The molecular formula is C11H16ClN3O4S. The molecule has 0 aliphatic rings. The first-order chi connectivity index (χ1) is 9.12. The molecule has 0 saturated carbocycles. The minimum Gasteiger partial charge on any atom is -0.329 e. The number of halogens is 1. The lowest BCUT2D eigenvalue weighted by Crippen LogP contribution is -2.39. The van der Waals surface area contributed by atoms with Crippen LogP contribution in [0.25, 0.3) is 0 Å². The molecule has 9 heteroatoms. The molecule has 0 aromatic heterocycles. The van der Waals surface area contributed by atoms with Crippen molar-refractivity contribution in [2.75, 3.05) is 13.6 Å². The first kappa shape index (κ1) is 16.8. The van der Waals surface area contributed by atoms with E-state index in [0.29, 0.717) is 5.56 Å². The third-order valence-electron chi connectivity index (χ3n) is 2.98. The van der Waals surface area contributed by atoms with E-state index in [-0.39, 0.29) is 11.4 Å². The van der Waals surface area contributed by atoms with Crippen LogP contribution in [0.4, 0.5) is 5.69 Å². The Morgan fingerprint density at radius 1 is 1.50 bits per heavy atom. The lowest BCUT2D eigenvalue weighted by atomic mass is 10.2. The van der Waals surface area contributed by atoms with Crippen molar-refractivity contribution in [2.45, 2.75) is 24.8 Å². The van der Waals surface area contributed by atoms with Gasteiger partial charge in [-0.15, -0.1) is 0 Å². The van der Waals surface area contributed by atoms with Gasteiger partial charge in [0.1, 0.15) is 9.92 Å². The summed E-state index contributed by atoms with van der Waals surface area (Å²) < 4.78 is 25.9. The van der Waals surface area contributed by atoms with E-state index >= 15 is 0 Å². The Hall–Kier alpha value is -1.22. The van der Waals surface area contributed by atoms with Crippen LogP contribution in [0, 0.1) is 17.0 Å². The molecule has 1 rings (SSSR count). The van der Waals surface area contributed by atoms with E-state index in [2.05, 4.69) is 0 Å². The van der Waals surface area contributed by atoms with Gasteiger partial charge in [0.25, 0.3) is 5.69 Å². The normalized spacial score (nSPS) is 13.5. The Bertz CT molecular complexity index is 633. The quantitative estimate of drug-likeness (QED) is 0.653. The van der Waals surface area contributed by atoms with Crippen molar-refractivity contribution >= 4 is 27.3 Å². The van der Waals surface area contributed by atoms with Crippen LogP contribution in [0.1, 0.15) is 12.5 Å². The fourth-order valence-electron chi connectivity index (χ4n) is 1.58. The molecule has 112 valence electrons. The summed E-state index contributed by atoms with van der Waals surface area (Å²) in [4.78, 5) is 9.91. The van der Waals surface area contributed by atoms with Crippen LogP contribution in [-0.2, 0) is 10.0 Å². The number of nitro benzene ring substituents is 1. The Morgan fingerprint density at radius 3 is 2.50 bits per heavy atom. The van der Waals surface area contributed by atoms with Crippen molar-refractivity contribution in [3.05, 3.63) is 32.8 Å². The summed E-state index contributed by atoms with van der Waals surface area (Å²) in [5.74, 6) is 0. The van der Waals surface area contributed by atoms with Crippen molar-refractivity contribution in [3.63, 3.8) is 0 Å². The highest BCUT2D eigenvalue weighted by Crippen LogP contribution is 2.34. The fraction of sp³-hybridized carbons (Fsp3) is 0.455. The fourth-order valence-corrected chi connectivity index (χ4v) is 3.58. The number of benzene rings is 1. The number of rotatable bonds is 5. The molecule has 0 radical (unpaired) electrons. The van der Waals surface area contributed by atoms with Gasteiger partial charge in [-0.2, -0.15) is 4.31 Å². The monoisotopic (exact) mass is 321 g/mol. The van der Waals surface area contributed by atoms with Crippen molar-refractivity contribution in [3.8, 4) is 0 Å². The van der Waals surface area contributed by atoms with Gasteiger partial charge in [-0.05, 0) is 25.5 Å². The number of nitrogens with zero attached hydrogens (tertiary/aromatic N) is 2. The Labute approximate surface area is 122 Å². The summed E-state index contributed by atoms with van der Waals surface area (Å²) >= 11 is 5.87. The van der Waals surface area contributed by atoms with Crippen molar-refractivity contribution in [1.29, 1.82) is 0 Å². The summed E-state index contributed by atoms with van der Waals surface area (Å²) in [6.07, 6.45) is 0. The molecule has 1 aromatic rings. The maximum absolute atomic E-state index is 12.4. The van der Waals surface area contributed by atoms with Gasteiger partial charge in [-0.25, -0.2) is 8.42 Å². The zero-order valence-electron chi connectivity index (χ0n) is 11.3. The molecule has 0 heterocycles. The standard InChI is InChI=1S/C11H16ClN3O4S/c1-7-4-9(15(16)17)11(12)10(5-7)20(18,19)14(3)8(2)6-13/h4-5,8H,6,13H2,1-3H3. The molecule has 2 N–H and O–H groups in total. The molecule has 0 spiro atoms. The van der Waals surface area contributed by atoms with Crippen molar-refractivity contribution in [2.24, 2.45) is 5.73 Å². The summed E-state index contributed by atoms with van der Waals surface area (Å²) in [5, 5.41) is 10.5. The number of likely N-dealkylation sites (N-methyl/N-ethyl adjacent to an activating group) is 1. The molecule has 1 unspecified atom stereocenters. The van der Waals surface area contributed by atoms with E-state index in [4.69, 9.17) is 17.3 Å². The van der Waals surface area contributed by atoms with E-state index in [1.54, 1.807) is 13.8 Å². The third kappa shape index (κ3) is 3.09. The molecule has 0 saturated heterocycles. The van der Waals surface area contributed by atoms with Crippen LogP contribution in [0.3, 0.4) is 0 Å². The van der Waals surface area contributed by atoms with Gasteiger partial charge in [-0.3, -0.25) is 10.1 Å². The molecule has 0 aliphatic heterocycles. The van der Waals surface area contributed by atoms with Gasteiger partial charge in [0.2, 0.25) is 10.0 Å². The Morgan fingerprint density at radius 2 is 2.05 bits per heavy atom. The average molecular weight is 322 g/mol. The van der Waals surface area contributed by atoms with Crippen molar-refractivity contribution < 1.29 is 13.3 Å². The molecule has 0 aliphatic carbocycles. The SMILES string of the molecule is Cc1cc([N+](=O)[O-])c(Cl)c(S(=O)(=O)N(C)C(C)CN)c1. The maximum atomic E-state index is 12.4. The molecule has 1 atom stereocenters. The van der Waals surface area contributed by atoms with Crippen LogP contribution in [0.5, 0.6) is 0 Å². The number of hydrogen-bond donors (Lipinski definition) is 1. The first-order valence-corrected chi connectivity index (χ1v) is 7.57. The average Bonchev–Trinajstić information content (AvgIpc) is 2.38. The summed E-state index contributed by atoms with van der Waals surface area (Å²) in [7, 11) is -2.58. The summed E-state index contributed by atoms with van der Waals surface area (Å²) in [5.41, 5.74) is 5.45. The van der Waals surface area contributed by atoms with Gasteiger partial charge in [-0.1, -0.05) is 11.6 Å². The summed E-state index contributed by atoms with van der Waals surface area (Å²) in [6.45, 7) is 3.33. The minimum atomic E-state index is -3.94. The van der Waals surface area contributed by atoms with Crippen LogP contribution in [-0.4, -0.2) is 37.3 Å². The number of nitro groups is 1. The molecule has 0 bridgehead atoms. The van der Waals surface area contributed by atoms with Crippen LogP contribution >= 0.6 is 11.6 Å². The predicted molar refractivity (Wildman–Crippen MR) is 76.3 cm³/mol.